The number of aliphatic hydroxyl groups is 1. The Morgan fingerprint density at radius 2 is 1.76 bits per heavy atom. The fraction of sp³-hybridized carbons (Fsp3) is 0.125. The van der Waals surface area contributed by atoms with E-state index in [2.05, 4.69) is 0 Å². The third-order valence-corrected chi connectivity index (χ3v) is 4.82. The molecule has 0 fully saturated rings. The van der Waals surface area contributed by atoms with Crippen LogP contribution in [0.1, 0.15) is 16.5 Å². The van der Waals surface area contributed by atoms with E-state index in [9.17, 15) is 13.9 Å². The monoisotopic (exact) mass is 324 g/mol. The van der Waals surface area contributed by atoms with Gasteiger partial charge in [0.05, 0.1) is 6.10 Å². The highest BCUT2D eigenvalue weighted by molar-refractivity contribution is 7.19. The molecular formula is C16H11ClF2OS. The molecule has 0 bridgehead atoms. The average molecular weight is 325 g/mol. The smallest absolute Gasteiger partial charge is 0.124 e. The fourth-order valence-electron chi connectivity index (χ4n) is 2.20. The van der Waals surface area contributed by atoms with Gasteiger partial charge in [0.1, 0.15) is 11.6 Å². The fourth-order valence-corrected chi connectivity index (χ4v) is 3.47. The lowest BCUT2D eigenvalue weighted by Crippen LogP contribution is -2.00. The lowest BCUT2D eigenvalue weighted by atomic mass is 10.1. The van der Waals surface area contributed by atoms with Crippen molar-refractivity contribution in [3.63, 3.8) is 0 Å². The number of aliphatic hydroxyl groups excluding tert-OH is 1. The Bertz CT molecular complexity index is 800. The van der Waals surface area contributed by atoms with Crippen LogP contribution in [0, 0.1) is 11.6 Å². The Labute approximate surface area is 129 Å². The third kappa shape index (κ3) is 3.07. The molecule has 5 heteroatoms. The Morgan fingerprint density at radius 3 is 2.52 bits per heavy atom. The van der Waals surface area contributed by atoms with Crippen LogP contribution in [-0.2, 0) is 6.42 Å². The van der Waals surface area contributed by atoms with Crippen LogP contribution in [0.4, 0.5) is 8.78 Å². The van der Waals surface area contributed by atoms with Gasteiger partial charge >= 0.3 is 0 Å². The molecule has 1 unspecified atom stereocenters. The standard InChI is InChI=1S/C16H11ClF2OS/c17-13-8-12(19)2-1-9(13)6-14(20)16-7-10-5-11(18)3-4-15(10)21-16/h1-5,7-8,14,20H,6H2. The van der Waals surface area contributed by atoms with E-state index in [1.54, 1.807) is 18.2 Å². The molecule has 1 N–H and O–H groups in total. The van der Waals surface area contributed by atoms with E-state index < -0.39 is 11.9 Å². The average Bonchev–Trinajstić information content (AvgIpc) is 2.85. The van der Waals surface area contributed by atoms with Crippen molar-refractivity contribution in [2.75, 3.05) is 0 Å². The van der Waals surface area contributed by atoms with Crippen molar-refractivity contribution >= 4 is 33.0 Å². The van der Waals surface area contributed by atoms with Crippen LogP contribution in [0.15, 0.2) is 42.5 Å². The summed E-state index contributed by atoms with van der Waals surface area (Å²) in [5.41, 5.74) is 0.675. The summed E-state index contributed by atoms with van der Waals surface area (Å²) in [7, 11) is 0. The number of rotatable bonds is 3. The zero-order chi connectivity index (χ0) is 15.0. The van der Waals surface area contributed by atoms with Crippen molar-refractivity contribution in [2.45, 2.75) is 12.5 Å². The van der Waals surface area contributed by atoms with Crippen LogP contribution in [-0.4, -0.2) is 5.11 Å². The summed E-state index contributed by atoms with van der Waals surface area (Å²) in [6.45, 7) is 0. The van der Waals surface area contributed by atoms with Crippen LogP contribution in [0.25, 0.3) is 10.1 Å². The van der Waals surface area contributed by atoms with Crippen LogP contribution >= 0.6 is 22.9 Å². The number of benzene rings is 2. The minimum Gasteiger partial charge on any atom is -0.387 e. The van der Waals surface area contributed by atoms with Crippen molar-refractivity contribution in [1.29, 1.82) is 0 Å². The molecule has 3 aromatic rings. The quantitative estimate of drug-likeness (QED) is 0.710. The summed E-state index contributed by atoms with van der Waals surface area (Å²) in [4.78, 5) is 0.732. The van der Waals surface area contributed by atoms with E-state index in [0.29, 0.717) is 10.6 Å². The maximum atomic E-state index is 13.2. The molecule has 21 heavy (non-hydrogen) atoms. The van der Waals surface area contributed by atoms with Gasteiger partial charge in [-0.15, -0.1) is 11.3 Å². The summed E-state index contributed by atoms with van der Waals surface area (Å²) in [5.74, 6) is -0.710. The molecule has 3 rings (SSSR count). The molecular weight excluding hydrogens is 314 g/mol. The number of hydrogen-bond donors (Lipinski definition) is 1. The molecule has 1 nitrogen and oxygen atoms in total. The normalized spacial score (nSPS) is 12.8. The molecule has 2 aromatic carbocycles. The molecule has 0 aliphatic heterocycles. The maximum Gasteiger partial charge on any atom is 0.124 e. The van der Waals surface area contributed by atoms with Gasteiger partial charge in [-0.25, -0.2) is 8.78 Å². The number of fused-ring (bicyclic) bond motifs is 1. The van der Waals surface area contributed by atoms with E-state index in [1.165, 1.54) is 35.6 Å². The molecule has 0 amide bonds. The number of hydrogen-bond acceptors (Lipinski definition) is 2. The van der Waals surface area contributed by atoms with E-state index in [0.717, 1.165) is 15.0 Å². The van der Waals surface area contributed by atoms with Gasteiger partial charge in [-0.1, -0.05) is 17.7 Å². The van der Waals surface area contributed by atoms with E-state index >= 15 is 0 Å². The second-order valence-electron chi connectivity index (χ2n) is 4.79. The molecule has 0 spiro atoms. The van der Waals surface area contributed by atoms with Crippen LogP contribution in [0.2, 0.25) is 5.02 Å². The molecule has 108 valence electrons. The van der Waals surface area contributed by atoms with Crippen LogP contribution in [0.5, 0.6) is 0 Å². The summed E-state index contributed by atoms with van der Waals surface area (Å²) >= 11 is 7.37. The highest BCUT2D eigenvalue weighted by atomic mass is 35.5. The number of thiophene rings is 1. The van der Waals surface area contributed by atoms with E-state index in [1.807, 2.05) is 0 Å². The summed E-state index contributed by atoms with van der Waals surface area (Å²) in [6.07, 6.45) is -0.470. The predicted octanol–water partition coefficient (Wildman–Crippen LogP) is 5.11. The molecule has 1 atom stereocenters. The first-order valence-electron chi connectivity index (χ1n) is 6.34. The van der Waals surface area contributed by atoms with Gasteiger partial charge in [0.2, 0.25) is 0 Å². The van der Waals surface area contributed by atoms with Crippen molar-refractivity contribution < 1.29 is 13.9 Å². The lowest BCUT2D eigenvalue weighted by molar-refractivity contribution is 0.182. The Balaban J connectivity index is 1.87. The Morgan fingerprint density at radius 1 is 1.05 bits per heavy atom. The van der Waals surface area contributed by atoms with Crippen molar-refractivity contribution in [1.82, 2.24) is 0 Å². The molecule has 0 aliphatic carbocycles. The SMILES string of the molecule is OC(Cc1ccc(F)cc1Cl)c1cc2cc(F)ccc2s1. The molecule has 0 saturated carbocycles. The maximum absolute atomic E-state index is 13.2. The highest BCUT2D eigenvalue weighted by Crippen LogP contribution is 2.33. The van der Waals surface area contributed by atoms with Gasteiger partial charge in [-0.05, 0) is 47.3 Å². The molecule has 0 radical (unpaired) electrons. The summed E-state index contributed by atoms with van der Waals surface area (Å²) < 4.78 is 27.1. The van der Waals surface area contributed by atoms with Crippen molar-refractivity contribution in [3.8, 4) is 0 Å². The largest absolute Gasteiger partial charge is 0.387 e. The third-order valence-electron chi connectivity index (χ3n) is 3.25. The highest BCUT2D eigenvalue weighted by Gasteiger charge is 2.14. The first-order valence-corrected chi connectivity index (χ1v) is 7.53. The van der Waals surface area contributed by atoms with Crippen molar-refractivity contribution in [3.05, 3.63) is 69.6 Å². The van der Waals surface area contributed by atoms with Gasteiger partial charge in [-0.2, -0.15) is 0 Å². The topological polar surface area (TPSA) is 20.2 Å². The van der Waals surface area contributed by atoms with E-state index in [-0.39, 0.29) is 12.2 Å². The zero-order valence-corrected chi connectivity index (χ0v) is 12.4. The van der Waals surface area contributed by atoms with Gasteiger partial charge < -0.3 is 5.11 Å². The molecule has 0 aliphatic rings. The van der Waals surface area contributed by atoms with Gasteiger partial charge in [-0.3, -0.25) is 0 Å². The van der Waals surface area contributed by atoms with Crippen molar-refractivity contribution in [2.24, 2.45) is 0 Å². The van der Waals surface area contributed by atoms with Gasteiger partial charge in [0.15, 0.2) is 0 Å². The second-order valence-corrected chi connectivity index (χ2v) is 6.31. The number of halogens is 3. The van der Waals surface area contributed by atoms with Crippen LogP contribution < -0.4 is 0 Å². The molecule has 1 aromatic heterocycles. The van der Waals surface area contributed by atoms with E-state index in [4.69, 9.17) is 11.6 Å². The van der Waals surface area contributed by atoms with Crippen LogP contribution in [0.3, 0.4) is 0 Å². The Hall–Kier alpha value is -1.49. The Kier molecular flexibility index (Phi) is 3.93. The zero-order valence-electron chi connectivity index (χ0n) is 10.8. The van der Waals surface area contributed by atoms with Gasteiger partial charge in [0, 0.05) is 21.0 Å². The molecule has 0 saturated heterocycles. The van der Waals surface area contributed by atoms with Gasteiger partial charge in [0.25, 0.3) is 0 Å². The lowest BCUT2D eigenvalue weighted by Gasteiger charge is -2.10. The first-order chi connectivity index (χ1) is 10.0. The summed E-state index contributed by atoms with van der Waals surface area (Å²) in [6, 6.07) is 10.4. The predicted molar refractivity (Wildman–Crippen MR) is 81.9 cm³/mol. The summed E-state index contributed by atoms with van der Waals surface area (Å²) in [5, 5.41) is 11.4. The second kappa shape index (κ2) is 5.72. The minimum atomic E-state index is -0.756. The molecule has 1 heterocycles. The first kappa shape index (κ1) is 14.4. The minimum absolute atomic E-state index is 0.286.